The third kappa shape index (κ3) is 3.89. The number of benzene rings is 1. The van der Waals surface area contributed by atoms with E-state index in [2.05, 4.69) is 5.32 Å². The SMILES string of the molecule is CCC/C(=C\S(=O)(=O)c1ccc(C)cc1)NC. The molecule has 0 aliphatic rings. The molecule has 4 heteroatoms. The molecule has 1 aromatic carbocycles. The quantitative estimate of drug-likeness (QED) is 0.877. The van der Waals surface area contributed by atoms with Crippen molar-refractivity contribution in [2.75, 3.05) is 7.05 Å². The highest BCUT2D eigenvalue weighted by atomic mass is 32.2. The van der Waals surface area contributed by atoms with E-state index in [4.69, 9.17) is 0 Å². The van der Waals surface area contributed by atoms with E-state index in [9.17, 15) is 8.42 Å². The first kappa shape index (κ1) is 13.8. The zero-order chi connectivity index (χ0) is 12.9. The Balaban J connectivity index is 3.06. The molecule has 0 radical (unpaired) electrons. The van der Waals surface area contributed by atoms with Crippen molar-refractivity contribution in [3.8, 4) is 0 Å². The molecule has 0 saturated carbocycles. The molecule has 0 atom stereocenters. The van der Waals surface area contributed by atoms with Crippen LogP contribution in [0.5, 0.6) is 0 Å². The topological polar surface area (TPSA) is 46.2 Å². The van der Waals surface area contributed by atoms with Gasteiger partial charge in [-0.05, 0) is 25.5 Å². The Morgan fingerprint density at radius 1 is 1.29 bits per heavy atom. The lowest BCUT2D eigenvalue weighted by atomic mass is 10.2. The van der Waals surface area contributed by atoms with Gasteiger partial charge in [0.25, 0.3) is 0 Å². The molecule has 94 valence electrons. The summed E-state index contributed by atoms with van der Waals surface area (Å²) < 4.78 is 24.1. The van der Waals surface area contributed by atoms with E-state index in [0.29, 0.717) is 4.90 Å². The zero-order valence-corrected chi connectivity index (χ0v) is 11.3. The minimum atomic E-state index is -3.34. The molecule has 1 aromatic rings. The van der Waals surface area contributed by atoms with Crippen molar-refractivity contribution < 1.29 is 8.42 Å². The van der Waals surface area contributed by atoms with Gasteiger partial charge in [0.15, 0.2) is 0 Å². The number of nitrogens with one attached hydrogen (secondary N) is 1. The second-order valence-electron chi connectivity index (χ2n) is 4.00. The number of sulfone groups is 1. The van der Waals surface area contributed by atoms with E-state index in [-0.39, 0.29) is 0 Å². The third-order valence-electron chi connectivity index (χ3n) is 2.49. The minimum absolute atomic E-state index is 0.340. The summed E-state index contributed by atoms with van der Waals surface area (Å²) in [6, 6.07) is 6.89. The number of rotatable bonds is 5. The Bertz CT molecular complexity index is 487. The molecular formula is C13H19NO2S. The highest BCUT2D eigenvalue weighted by Crippen LogP contribution is 2.15. The third-order valence-corrected chi connectivity index (χ3v) is 4.01. The summed E-state index contributed by atoms with van der Waals surface area (Å²) in [6.07, 6.45) is 1.65. The van der Waals surface area contributed by atoms with Crippen LogP contribution in [-0.2, 0) is 9.84 Å². The van der Waals surface area contributed by atoms with Crippen LogP contribution in [0.25, 0.3) is 0 Å². The van der Waals surface area contributed by atoms with Gasteiger partial charge in [-0.3, -0.25) is 0 Å². The van der Waals surface area contributed by atoms with Crippen LogP contribution in [0.15, 0.2) is 40.3 Å². The van der Waals surface area contributed by atoms with Crippen molar-refractivity contribution in [1.29, 1.82) is 0 Å². The van der Waals surface area contributed by atoms with Crippen molar-refractivity contribution in [3.05, 3.63) is 40.9 Å². The fraction of sp³-hybridized carbons (Fsp3) is 0.385. The Labute approximate surface area is 103 Å². The molecule has 0 heterocycles. The monoisotopic (exact) mass is 253 g/mol. The molecule has 0 amide bonds. The summed E-state index contributed by atoms with van der Waals surface area (Å²) in [5.41, 5.74) is 1.79. The molecule has 0 bridgehead atoms. The summed E-state index contributed by atoms with van der Waals surface area (Å²) >= 11 is 0. The minimum Gasteiger partial charge on any atom is -0.391 e. The summed E-state index contributed by atoms with van der Waals surface area (Å²) in [4.78, 5) is 0.340. The van der Waals surface area contributed by atoms with Gasteiger partial charge in [0.1, 0.15) is 0 Å². The molecule has 0 spiro atoms. The number of hydrogen-bond donors (Lipinski definition) is 1. The summed E-state index contributed by atoms with van der Waals surface area (Å²) in [5, 5.41) is 4.24. The maximum Gasteiger partial charge on any atom is 0.201 e. The molecular weight excluding hydrogens is 234 g/mol. The van der Waals surface area contributed by atoms with Gasteiger partial charge < -0.3 is 5.32 Å². The van der Waals surface area contributed by atoms with Gasteiger partial charge >= 0.3 is 0 Å². The van der Waals surface area contributed by atoms with Crippen LogP contribution in [0.2, 0.25) is 0 Å². The second-order valence-corrected chi connectivity index (χ2v) is 5.80. The van der Waals surface area contributed by atoms with Crippen molar-refractivity contribution in [1.82, 2.24) is 5.32 Å². The highest BCUT2D eigenvalue weighted by molar-refractivity contribution is 7.94. The van der Waals surface area contributed by atoms with Crippen molar-refractivity contribution in [2.45, 2.75) is 31.6 Å². The summed E-state index contributed by atoms with van der Waals surface area (Å²) in [6.45, 7) is 3.95. The molecule has 1 rings (SSSR count). The fourth-order valence-electron chi connectivity index (χ4n) is 1.50. The molecule has 0 saturated heterocycles. The van der Waals surface area contributed by atoms with Gasteiger partial charge in [0.05, 0.1) is 10.3 Å². The maximum atomic E-state index is 12.1. The Morgan fingerprint density at radius 3 is 2.35 bits per heavy atom. The lowest BCUT2D eigenvalue weighted by molar-refractivity contribution is 0.603. The van der Waals surface area contributed by atoms with E-state index in [1.807, 2.05) is 13.8 Å². The van der Waals surface area contributed by atoms with Crippen LogP contribution < -0.4 is 5.32 Å². The summed E-state index contributed by atoms with van der Waals surface area (Å²) in [5.74, 6) is 0. The first-order valence-corrected chi connectivity index (χ1v) is 7.24. The second kappa shape index (κ2) is 5.87. The Kier molecular flexibility index (Phi) is 4.75. The van der Waals surface area contributed by atoms with E-state index in [1.165, 1.54) is 5.41 Å². The van der Waals surface area contributed by atoms with Gasteiger partial charge in [-0.2, -0.15) is 0 Å². The average molecular weight is 253 g/mol. The van der Waals surface area contributed by atoms with E-state index < -0.39 is 9.84 Å². The Morgan fingerprint density at radius 2 is 1.88 bits per heavy atom. The molecule has 0 aliphatic heterocycles. The van der Waals surface area contributed by atoms with E-state index in [0.717, 1.165) is 24.1 Å². The molecule has 0 fully saturated rings. The predicted octanol–water partition coefficient (Wildman–Crippen LogP) is 2.63. The normalized spacial score (nSPS) is 12.5. The standard InChI is InChI=1S/C13H19NO2S/c1-4-5-12(14-3)10-17(15,16)13-8-6-11(2)7-9-13/h6-10,14H,4-5H2,1-3H3/b12-10+. The van der Waals surface area contributed by atoms with Crippen molar-refractivity contribution >= 4 is 9.84 Å². The van der Waals surface area contributed by atoms with Crippen LogP contribution in [-0.4, -0.2) is 15.5 Å². The van der Waals surface area contributed by atoms with Crippen LogP contribution in [0.1, 0.15) is 25.3 Å². The highest BCUT2D eigenvalue weighted by Gasteiger charge is 2.11. The number of aryl methyl sites for hydroxylation is 1. The Hall–Kier alpha value is -1.29. The molecule has 1 N–H and O–H groups in total. The van der Waals surface area contributed by atoms with Gasteiger partial charge in [-0.25, -0.2) is 8.42 Å². The van der Waals surface area contributed by atoms with Crippen LogP contribution >= 0.6 is 0 Å². The van der Waals surface area contributed by atoms with Crippen molar-refractivity contribution in [2.24, 2.45) is 0 Å². The predicted molar refractivity (Wildman–Crippen MR) is 70.4 cm³/mol. The van der Waals surface area contributed by atoms with Gasteiger partial charge in [0, 0.05) is 12.7 Å². The largest absolute Gasteiger partial charge is 0.391 e. The van der Waals surface area contributed by atoms with Crippen LogP contribution in [0.4, 0.5) is 0 Å². The molecule has 3 nitrogen and oxygen atoms in total. The van der Waals surface area contributed by atoms with E-state index in [1.54, 1.807) is 31.3 Å². The van der Waals surface area contributed by atoms with Crippen LogP contribution in [0.3, 0.4) is 0 Å². The number of allylic oxidation sites excluding steroid dienone is 1. The van der Waals surface area contributed by atoms with Crippen molar-refractivity contribution in [3.63, 3.8) is 0 Å². The smallest absolute Gasteiger partial charge is 0.201 e. The van der Waals surface area contributed by atoms with Gasteiger partial charge in [-0.1, -0.05) is 31.0 Å². The summed E-state index contributed by atoms with van der Waals surface area (Å²) in [7, 11) is -1.59. The molecule has 0 aromatic heterocycles. The molecule has 0 unspecified atom stereocenters. The number of hydrogen-bond acceptors (Lipinski definition) is 3. The fourth-order valence-corrected chi connectivity index (χ4v) is 2.76. The first-order chi connectivity index (χ1) is 7.99. The molecule has 0 aliphatic carbocycles. The van der Waals surface area contributed by atoms with E-state index >= 15 is 0 Å². The van der Waals surface area contributed by atoms with Gasteiger partial charge in [-0.15, -0.1) is 0 Å². The first-order valence-electron chi connectivity index (χ1n) is 5.69. The maximum absolute atomic E-state index is 12.1. The lowest BCUT2D eigenvalue weighted by Gasteiger charge is -2.06. The van der Waals surface area contributed by atoms with Crippen LogP contribution in [0, 0.1) is 6.92 Å². The zero-order valence-electron chi connectivity index (χ0n) is 10.5. The van der Waals surface area contributed by atoms with Gasteiger partial charge in [0.2, 0.25) is 9.84 Å². The lowest BCUT2D eigenvalue weighted by Crippen LogP contribution is -2.09. The average Bonchev–Trinajstić information content (AvgIpc) is 2.28. The molecule has 17 heavy (non-hydrogen) atoms.